The molecule has 0 spiro atoms. The number of hydrogen-bond acceptors (Lipinski definition) is 5. The van der Waals surface area contributed by atoms with Crippen molar-refractivity contribution in [2.75, 3.05) is 5.75 Å². The first-order valence-electron chi connectivity index (χ1n) is 7.36. The van der Waals surface area contributed by atoms with Gasteiger partial charge in [0.25, 0.3) is 0 Å². The predicted octanol–water partition coefficient (Wildman–Crippen LogP) is 4.24. The molecule has 0 unspecified atom stereocenters. The molecule has 0 saturated heterocycles. The van der Waals surface area contributed by atoms with Crippen LogP contribution in [0.15, 0.2) is 33.9 Å². The Labute approximate surface area is 155 Å². The summed E-state index contributed by atoms with van der Waals surface area (Å²) in [5.74, 6) is 0.265. The van der Waals surface area contributed by atoms with Crippen molar-refractivity contribution in [3.63, 3.8) is 0 Å². The Morgan fingerprint density at radius 3 is 2.58 bits per heavy atom. The Morgan fingerprint density at radius 1 is 1.27 bits per heavy atom. The maximum atomic E-state index is 12.9. The van der Waals surface area contributed by atoms with Gasteiger partial charge >= 0.3 is 6.18 Å². The smallest absolute Gasteiger partial charge is 0.310 e. The molecular formula is C15H13BrF3N5OS. The number of aryl methyl sites for hydroxylation is 1. The summed E-state index contributed by atoms with van der Waals surface area (Å²) in [6, 6.07) is 2.43. The summed E-state index contributed by atoms with van der Waals surface area (Å²) < 4.78 is 61.4. The lowest BCUT2D eigenvalue weighted by Crippen LogP contribution is -2.07. The zero-order valence-corrected chi connectivity index (χ0v) is 16.0. The van der Waals surface area contributed by atoms with E-state index in [0.717, 1.165) is 12.3 Å². The first-order chi connectivity index (χ1) is 12.0. The van der Waals surface area contributed by atoms with Crippen LogP contribution in [0.25, 0.3) is 22.7 Å². The second-order valence-corrected chi connectivity index (χ2v) is 8.81. The molecule has 26 heavy (non-hydrogen) atoms. The second kappa shape index (κ2) is 6.31. The van der Waals surface area contributed by atoms with Crippen LogP contribution in [-0.2, 0) is 23.0 Å². The van der Waals surface area contributed by atoms with E-state index in [1.54, 1.807) is 14.0 Å². The Kier molecular flexibility index (Phi) is 4.55. The van der Waals surface area contributed by atoms with Gasteiger partial charge < -0.3 is 4.57 Å². The van der Waals surface area contributed by atoms with Crippen LogP contribution in [0, 0.1) is 4.78 Å². The fourth-order valence-corrected chi connectivity index (χ4v) is 4.01. The lowest BCUT2D eigenvalue weighted by molar-refractivity contribution is -0.137. The molecule has 3 aromatic rings. The summed E-state index contributed by atoms with van der Waals surface area (Å²) in [5.41, 5.74) is -0.446. The maximum absolute atomic E-state index is 12.9. The van der Waals surface area contributed by atoms with E-state index in [4.69, 9.17) is 4.78 Å². The average molecular weight is 448 g/mol. The summed E-state index contributed by atoms with van der Waals surface area (Å²) in [4.78, 5) is 12.4. The Hall–Kier alpha value is -2.01. The van der Waals surface area contributed by atoms with E-state index in [9.17, 15) is 17.4 Å². The number of nitrogens with one attached hydrogen (secondary N) is 1. The molecule has 0 aliphatic carbocycles. The third-order valence-electron chi connectivity index (χ3n) is 3.83. The third-order valence-corrected chi connectivity index (χ3v) is 6.10. The molecule has 138 valence electrons. The van der Waals surface area contributed by atoms with E-state index in [1.807, 2.05) is 0 Å². The van der Waals surface area contributed by atoms with Gasteiger partial charge in [0.05, 0.1) is 20.2 Å². The number of alkyl halides is 3. The Morgan fingerprint density at radius 2 is 1.96 bits per heavy atom. The van der Waals surface area contributed by atoms with Gasteiger partial charge in [-0.05, 0) is 28.1 Å². The van der Waals surface area contributed by atoms with Crippen LogP contribution < -0.4 is 0 Å². The average Bonchev–Trinajstić information content (AvgIpc) is 2.90. The number of imidazole rings is 1. The van der Waals surface area contributed by atoms with E-state index in [-0.39, 0.29) is 33.3 Å². The number of fused-ring (bicyclic) bond motifs is 1. The third kappa shape index (κ3) is 3.20. The highest BCUT2D eigenvalue weighted by Gasteiger charge is 2.32. The molecule has 6 nitrogen and oxygen atoms in total. The van der Waals surface area contributed by atoms with E-state index in [1.165, 1.54) is 16.8 Å². The van der Waals surface area contributed by atoms with Gasteiger partial charge in [-0.25, -0.2) is 19.0 Å². The standard InChI is InChI=1S/C15H13BrF3N5OS/c1-3-26(20,25)11-5-9(16)7-21-12(11)14-23-10-4-8(15(17,18)19)6-22-13(10)24(14)2/h4-7,20H,3H2,1-2H3/t26-/m1/s1. The van der Waals surface area contributed by atoms with Gasteiger partial charge in [-0.15, -0.1) is 0 Å². The van der Waals surface area contributed by atoms with Crippen molar-refractivity contribution in [3.8, 4) is 11.5 Å². The molecule has 11 heteroatoms. The number of nitrogens with zero attached hydrogens (tertiary/aromatic N) is 4. The molecule has 0 fully saturated rings. The number of pyridine rings is 2. The molecule has 3 heterocycles. The molecule has 3 rings (SSSR count). The zero-order valence-electron chi connectivity index (χ0n) is 13.6. The van der Waals surface area contributed by atoms with Crippen molar-refractivity contribution in [3.05, 3.63) is 34.6 Å². The highest BCUT2D eigenvalue weighted by atomic mass is 79.9. The summed E-state index contributed by atoms with van der Waals surface area (Å²) in [5, 5.41) is 0. The van der Waals surface area contributed by atoms with Crippen molar-refractivity contribution < 1.29 is 17.4 Å². The molecule has 1 atom stereocenters. The Bertz CT molecular complexity index is 1110. The minimum absolute atomic E-state index is 0.0426. The molecule has 0 aromatic carbocycles. The molecule has 3 aromatic heterocycles. The normalized spacial score (nSPS) is 14.5. The van der Waals surface area contributed by atoms with Gasteiger partial charge in [-0.3, -0.25) is 4.98 Å². The lowest BCUT2D eigenvalue weighted by atomic mass is 10.2. The Balaban J connectivity index is 2.29. The molecule has 1 N–H and O–H groups in total. The lowest BCUT2D eigenvalue weighted by Gasteiger charge is -2.11. The quantitative estimate of drug-likeness (QED) is 0.650. The van der Waals surface area contributed by atoms with Crippen LogP contribution in [0.3, 0.4) is 0 Å². The molecular weight excluding hydrogens is 435 g/mol. The summed E-state index contributed by atoms with van der Waals surface area (Å²) in [6.07, 6.45) is -2.33. The van der Waals surface area contributed by atoms with E-state index in [0.29, 0.717) is 4.47 Å². The van der Waals surface area contributed by atoms with Crippen molar-refractivity contribution in [2.24, 2.45) is 7.05 Å². The van der Waals surface area contributed by atoms with Gasteiger partial charge in [-0.2, -0.15) is 13.2 Å². The van der Waals surface area contributed by atoms with Gasteiger partial charge in [-0.1, -0.05) is 6.92 Å². The number of rotatable bonds is 3. The summed E-state index contributed by atoms with van der Waals surface area (Å²) >= 11 is 3.24. The maximum Gasteiger partial charge on any atom is 0.417 e. The predicted molar refractivity (Wildman–Crippen MR) is 94.1 cm³/mol. The molecule has 0 radical (unpaired) electrons. The monoisotopic (exact) mass is 447 g/mol. The first kappa shape index (κ1) is 18.8. The molecule has 0 saturated carbocycles. The highest BCUT2D eigenvalue weighted by Crippen LogP contribution is 2.33. The number of hydrogen-bond donors (Lipinski definition) is 1. The minimum atomic E-state index is -4.53. The van der Waals surface area contributed by atoms with Gasteiger partial charge in [0.2, 0.25) is 0 Å². The van der Waals surface area contributed by atoms with Crippen LogP contribution in [0.4, 0.5) is 13.2 Å². The fourth-order valence-electron chi connectivity index (χ4n) is 2.44. The van der Waals surface area contributed by atoms with Gasteiger partial charge in [0.15, 0.2) is 11.5 Å². The van der Waals surface area contributed by atoms with Crippen molar-refractivity contribution in [2.45, 2.75) is 18.0 Å². The molecule has 0 aliphatic heterocycles. The van der Waals surface area contributed by atoms with Crippen LogP contribution in [-0.4, -0.2) is 29.5 Å². The van der Waals surface area contributed by atoms with Crippen molar-refractivity contribution in [1.29, 1.82) is 4.78 Å². The van der Waals surface area contributed by atoms with Crippen LogP contribution in [0.1, 0.15) is 12.5 Å². The van der Waals surface area contributed by atoms with Crippen LogP contribution in [0.2, 0.25) is 0 Å². The largest absolute Gasteiger partial charge is 0.417 e. The topological polar surface area (TPSA) is 84.5 Å². The van der Waals surface area contributed by atoms with Crippen LogP contribution in [0.5, 0.6) is 0 Å². The summed E-state index contributed by atoms with van der Waals surface area (Å²) in [6.45, 7) is 1.62. The summed E-state index contributed by atoms with van der Waals surface area (Å²) in [7, 11) is -1.55. The highest BCUT2D eigenvalue weighted by molar-refractivity contribution is 9.10. The molecule has 0 amide bonds. The van der Waals surface area contributed by atoms with E-state index in [2.05, 4.69) is 30.9 Å². The van der Waals surface area contributed by atoms with E-state index >= 15 is 0 Å². The van der Waals surface area contributed by atoms with Gasteiger partial charge in [0.1, 0.15) is 11.2 Å². The second-order valence-electron chi connectivity index (χ2n) is 5.52. The van der Waals surface area contributed by atoms with Gasteiger partial charge in [0, 0.05) is 29.7 Å². The van der Waals surface area contributed by atoms with Crippen LogP contribution >= 0.6 is 15.9 Å². The van der Waals surface area contributed by atoms with Crippen molar-refractivity contribution in [1.82, 2.24) is 19.5 Å². The SMILES string of the molecule is CC[S@@](=N)(=O)c1cc(Br)cnc1-c1nc2cc(C(F)(F)F)cnc2n1C. The number of halogens is 4. The minimum Gasteiger partial charge on any atom is -0.310 e. The van der Waals surface area contributed by atoms with Crippen molar-refractivity contribution >= 4 is 36.8 Å². The number of aromatic nitrogens is 4. The first-order valence-corrected chi connectivity index (χ1v) is 9.88. The fraction of sp³-hybridized carbons (Fsp3) is 0.267. The van der Waals surface area contributed by atoms with E-state index < -0.39 is 21.5 Å². The molecule has 0 aliphatic rings. The zero-order chi connectivity index (χ0) is 19.3. The molecule has 0 bridgehead atoms.